The van der Waals surface area contributed by atoms with E-state index < -0.39 is 5.56 Å². The topological polar surface area (TPSA) is 78.0 Å². The standard InChI is InChI=1S/C10H14ClN3O2/c11-8-7(5-12-14-9(8)16)13-10(6-15)3-1-2-4-10/h5,15H,1-4,6H2,(H2,13,14,16). The molecule has 5 nitrogen and oxygen atoms in total. The predicted molar refractivity (Wildman–Crippen MR) is 61.8 cm³/mol. The Kier molecular flexibility index (Phi) is 3.16. The number of hydrogen-bond donors (Lipinski definition) is 3. The van der Waals surface area contributed by atoms with Gasteiger partial charge in [-0.1, -0.05) is 24.4 Å². The summed E-state index contributed by atoms with van der Waals surface area (Å²) in [5.74, 6) is 0. The Hall–Kier alpha value is -1.07. The van der Waals surface area contributed by atoms with E-state index in [9.17, 15) is 9.90 Å². The first-order chi connectivity index (χ1) is 7.67. The lowest BCUT2D eigenvalue weighted by atomic mass is 9.99. The number of rotatable bonds is 3. The second-order valence-electron chi connectivity index (χ2n) is 4.20. The monoisotopic (exact) mass is 243 g/mol. The normalized spacial score (nSPS) is 18.6. The summed E-state index contributed by atoms with van der Waals surface area (Å²) < 4.78 is 0. The minimum atomic E-state index is -0.419. The smallest absolute Gasteiger partial charge is 0.285 e. The summed E-state index contributed by atoms with van der Waals surface area (Å²) in [6.45, 7) is 0.0378. The molecule has 1 aliphatic carbocycles. The highest BCUT2D eigenvalue weighted by atomic mass is 35.5. The zero-order chi connectivity index (χ0) is 11.6. The fourth-order valence-corrected chi connectivity index (χ4v) is 2.27. The third-order valence-corrected chi connectivity index (χ3v) is 3.43. The summed E-state index contributed by atoms with van der Waals surface area (Å²) in [6, 6.07) is 0. The second-order valence-corrected chi connectivity index (χ2v) is 4.58. The van der Waals surface area contributed by atoms with Crippen LogP contribution in [0.15, 0.2) is 11.0 Å². The van der Waals surface area contributed by atoms with Crippen LogP contribution >= 0.6 is 11.6 Å². The third kappa shape index (κ3) is 2.05. The highest BCUT2D eigenvalue weighted by Crippen LogP contribution is 2.33. The van der Waals surface area contributed by atoms with Crippen molar-refractivity contribution in [2.24, 2.45) is 0 Å². The van der Waals surface area contributed by atoms with Gasteiger partial charge in [0, 0.05) is 0 Å². The Morgan fingerprint density at radius 2 is 2.25 bits per heavy atom. The van der Waals surface area contributed by atoms with Gasteiger partial charge < -0.3 is 10.4 Å². The maximum absolute atomic E-state index is 11.3. The average molecular weight is 244 g/mol. The van der Waals surface area contributed by atoms with Gasteiger partial charge in [-0.3, -0.25) is 4.79 Å². The van der Waals surface area contributed by atoms with E-state index in [1.807, 2.05) is 0 Å². The van der Waals surface area contributed by atoms with Crippen LogP contribution in [0, 0.1) is 0 Å². The van der Waals surface area contributed by atoms with Gasteiger partial charge in [0.1, 0.15) is 5.02 Å². The zero-order valence-corrected chi connectivity index (χ0v) is 9.55. The molecule has 0 atom stereocenters. The number of nitrogens with zero attached hydrogens (tertiary/aromatic N) is 1. The molecule has 0 amide bonds. The molecule has 1 aromatic heterocycles. The van der Waals surface area contributed by atoms with Gasteiger partial charge >= 0.3 is 0 Å². The molecule has 88 valence electrons. The summed E-state index contributed by atoms with van der Waals surface area (Å²) in [6.07, 6.45) is 5.38. The number of aliphatic hydroxyl groups excluding tert-OH is 1. The predicted octanol–water partition coefficient (Wildman–Crippen LogP) is 1.14. The minimum Gasteiger partial charge on any atom is -0.394 e. The first-order valence-corrected chi connectivity index (χ1v) is 5.67. The van der Waals surface area contributed by atoms with E-state index in [-0.39, 0.29) is 17.2 Å². The van der Waals surface area contributed by atoms with Gasteiger partial charge in [-0.05, 0) is 12.8 Å². The molecule has 1 heterocycles. The van der Waals surface area contributed by atoms with Crippen LogP contribution in [0.1, 0.15) is 25.7 Å². The molecule has 16 heavy (non-hydrogen) atoms. The van der Waals surface area contributed by atoms with Crippen molar-refractivity contribution in [3.05, 3.63) is 21.6 Å². The number of anilines is 1. The third-order valence-electron chi connectivity index (χ3n) is 3.06. The Morgan fingerprint density at radius 1 is 1.56 bits per heavy atom. The number of aromatic nitrogens is 2. The maximum atomic E-state index is 11.3. The SMILES string of the molecule is O=c1[nH]ncc(NC2(CO)CCCC2)c1Cl. The molecule has 0 aliphatic heterocycles. The van der Waals surface area contributed by atoms with E-state index in [2.05, 4.69) is 15.5 Å². The van der Waals surface area contributed by atoms with E-state index in [0.717, 1.165) is 25.7 Å². The summed E-state index contributed by atoms with van der Waals surface area (Å²) in [5, 5.41) is 18.6. The van der Waals surface area contributed by atoms with Crippen molar-refractivity contribution >= 4 is 17.3 Å². The van der Waals surface area contributed by atoms with Gasteiger partial charge in [0.25, 0.3) is 5.56 Å². The molecule has 1 aromatic rings. The van der Waals surface area contributed by atoms with E-state index in [0.29, 0.717) is 5.69 Å². The molecule has 0 aromatic carbocycles. The van der Waals surface area contributed by atoms with Crippen molar-refractivity contribution in [1.29, 1.82) is 0 Å². The zero-order valence-electron chi connectivity index (χ0n) is 8.79. The summed E-state index contributed by atoms with van der Waals surface area (Å²) in [4.78, 5) is 11.3. The first-order valence-electron chi connectivity index (χ1n) is 5.29. The van der Waals surface area contributed by atoms with Crippen molar-refractivity contribution in [3.8, 4) is 0 Å². The quantitative estimate of drug-likeness (QED) is 0.744. The van der Waals surface area contributed by atoms with Crippen LogP contribution in [0.5, 0.6) is 0 Å². The fourth-order valence-electron chi connectivity index (χ4n) is 2.13. The lowest BCUT2D eigenvalue weighted by Crippen LogP contribution is -2.39. The Balaban J connectivity index is 2.26. The lowest BCUT2D eigenvalue weighted by Gasteiger charge is -2.29. The molecule has 6 heteroatoms. The van der Waals surface area contributed by atoms with Crippen LogP contribution in [0.4, 0.5) is 5.69 Å². The van der Waals surface area contributed by atoms with Gasteiger partial charge in [0.15, 0.2) is 0 Å². The average Bonchev–Trinajstić information content (AvgIpc) is 2.74. The Labute approximate surface area is 97.8 Å². The van der Waals surface area contributed by atoms with Crippen molar-refractivity contribution < 1.29 is 5.11 Å². The molecule has 0 bridgehead atoms. The number of nitrogens with one attached hydrogen (secondary N) is 2. The molecule has 0 spiro atoms. The Bertz CT molecular complexity index is 426. The van der Waals surface area contributed by atoms with Gasteiger partial charge in [-0.25, -0.2) is 5.10 Å². The highest BCUT2D eigenvalue weighted by Gasteiger charge is 2.33. The van der Waals surface area contributed by atoms with Gasteiger partial charge in [0.2, 0.25) is 0 Å². The first kappa shape index (κ1) is 11.4. The highest BCUT2D eigenvalue weighted by molar-refractivity contribution is 6.32. The molecule has 0 saturated heterocycles. The maximum Gasteiger partial charge on any atom is 0.285 e. The number of halogens is 1. The molecule has 1 aliphatic rings. The van der Waals surface area contributed by atoms with Crippen molar-refractivity contribution in [3.63, 3.8) is 0 Å². The van der Waals surface area contributed by atoms with E-state index >= 15 is 0 Å². The summed E-state index contributed by atoms with van der Waals surface area (Å²) in [5.41, 5.74) is -0.279. The van der Waals surface area contributed by atoms with Crippen molar-refractivity contribution in [2.45, 2.75) is 31.2 Å². The van der Waals surface area contributed by atoms with E-state index in [1.54, 1.807) is 0 Å². The largest absolute Gasteiger partial charge is 0.394 e. The number of hydrogen-bond acceptors (Lipinski definition) is 4. The molecular formula is C10H14ClN3O2. The van der Waals surface area contributed by atoms with E-state index in [1.165, 1.54) is 6.20 Å². The van der Waals surface area contributed by atoms with Gasteiger partial charge in [-0.2, -0.15) is 5.10 Å². The minimum absolute atomic E-state index is 0.0378. The van der Waals surface area contributed by atoms with Crippen molar-refractivity contribution in [1.82, 2.24) is 10.2 Å². The van der Waals surface area contributed by atoms with Crippen LogP contribution in [-0.4, -0.2) is 27.4 Å². The van der Waals surface area contributed by atoms with Gasteiger partial charge in [-0.15, -0.1) is 0 Å². The summed E-state index contributed by atoms with van der Waals surface area (Å²) >= 11 is 5.86. The van der Waals surface area contributed by atoms with Crippen molar-refractivity contribution in [2.75, 3.05) is 11.9 Å². The molecular weight excluding hydrogens is 230 g/mol. The number of aromatic amines is 1. The van der Waals surface area contributed by atoms with Crippen LogP contribution in [0.3, 0.4) is 0 Å². The number of H-pyrrole nitrogens is 1. The Morgan fingerprint density at radius 3 is 2.88 bits per heavy atom. The lowest BCUT2D eigenvalue weighted by molar-refractivity contribution is 0.214. The van der Waals surface area contributed by atoms with Crippen LogP contribution in [0.25, 0.3) is 0 Å². The molecule has 1 fully saturated rings. The van der Waals surface area contributed by atoms with E-state index in [4.69, 9.17) is 11.6 Å². The number of aliphatic hydroxyl groups is 1. The second kappa shape index (κ2) is 4.43. The molecule has 3 N–H and O–H groups in total. The van der Waals surface area contributed by atoms with Crippen LogP contribution < -0.4 is 10.9 Å². The molecule has 0 radical (unpaired) electrons. The molecule has 2 rings (SSSR count). The van der Waals surface area contributed by atoms with Crippen LogP contribution in [-0.2, 0) is 0 Å². The molecule has 0 unspecified atom stereocenters. The summed E-state index contributed by atoms with van der Waals surface area (Å²) in [7, 11) is 0. The van der Waals surface area contributed by atoms with Crippen LogP contribution in [0.2, 0.25) is 5.02 Å². The van der Waals surface area contributed by atoms with Gasteiger partial charge in [0.05, 0.1) is 24.0 Å². The fraction of sp³-hybridized carbons (Fsp3) is 0.600. The molecule has 1 saturated carbocycles.